The Hall–Kier alpha value is -2.16. The van der Waals surface area contributed by atoms with E-state index in [1.165, 1.54) is 6.20 Å². The quantitative estimate of drug-likeness (QED) is 0.851. The summed E-state index contributed by atoms with van der Waals surface area (Å²) in [6.07, 6.45) is 3.62. The number of carboxylic acid groups (broad SMARTS) is 1. The lowest BCUT2D eigenvalue weighted by Gasteiger charge is -2.04. The Morgan fingerprint density at radius 1 is 1.19 bits per heavy atom. The molecule has 0 saturated carbocycles. The van der Waals surface area contributed by atoms with Crippen LogP contribution >= 0.6 is 0 Å². The van der Waals surface area contributed by atoms with Crippen LogP contribution in [0.1, 0.15) is 21.5 Å². The summed E-state index contributed by atoms with van der Waals surface area (Å²) >= 11 is 0. The maximum atomic E-state index is 11.0. The van der Waals surface area contributed by atoms with Gasteiger partial charge in [-0.25, -0.2) is 4.79 Å². The first-order chi connectivity index (χ1) is 7.77. The summed E-state index contributed by atoms with van der Waals surface area (Å²) in [4.78, 5) is 14.8. The maximum absolute atomic E-state index is 11.0. The molecular formula is C13H11NO2. The predicted octanol–water partition coefficient (Wildman–Crippen LogP) is 2.37. The van der Waals surface area contributed by atoms with Crippen LogP contribution < -0.4 is 0 Å². The second-order valence-corrected chi connectivity index (χ2v) is 3.50. The highest BCUT2D eigenvalue weighted by atomic mass is 16.4. The third kappa shape index (κ3) is 2.25. The van der Waals surface area contributed by atoms with E-state index in [1.54, 1.807) is 12.3 Å². The number of rotatable bonds is 3. The highest BCUT2D eigenvalue weighted by molar-refractivity contribution is 5.89. The standard InChI is InChI=1S/C13H11NO2/c15-13(16)12-9-14-7-6-11(12)8-10-4-2-1-3-5-10/h1-7,9H,8H2,(H,15,16). The molecule has 0 saturated heterocycles. The molecule has 80 valence electrons. The van der Waals surface area contributed by atoms with Gasteiger partial charge in [0.15, 0.2) is 0 Å². The van der Waals surface area contributed by atoms with Crippen LogP contribution in [0.5, 0.6) is 0 Å². The summed E-state index contributed by atoms with van der Waals surface area (Å²) in [7, 11) is 0. The SMILES string of the molecule is O=C(O)c1cnccc1Cc1ccccc1. The number of hydrogen-bond acceptors (Lipinski definition) is 2. The number of nitrogens with zero attached hydrogens (tertiary/aromatic N) is 1. The van der Waals surface area contributed by atoms with E-state index in [-0.39, 0.29) is 5.56 Å². The second kappa shape index (κ2) is 4.57. The summed E-state index contributed by atoms with van der Waals surface area (Å²) in [5, 5.41) is 9.00. The maximum Gasteiger partial charge on any atom is 0.337 e. The third-order valence-corrected chi connectivity index (χ3v) is 2.38. The summed E-state index contributed by atoms with van der Waals surface area (Å²) in [5.41, 5.74) is 2.15. The number of carbonyl (C=O) groups is 1. The Bertz CT molecular complexity index is 494. The minimum absolute atomic E-state index is 0.270. The van der Waals surface area contributed by atoms with Crippen LogP contribution in [0.25, 0.3) is 0 Å². The van der Waals surface area contributed by atoms with Crippen LogP contribution in [-0.4, -0.2) is 16.1 Å². The molecule has 3 nitrogen and oxygen atoms in total. The lowest BCUT2D eigenvalue weighted by atomic mass is 10.0. The Kier molecular flexibility index (Phi) is 2.96. The van der Waals surface area contributed by atoms with E-state index in [1.807, 2.05) is 30.3 Å². The van der Waals surface area contributed by atoms with Gasteiger partial charge < -0.3 is 5.11 Å². The zero-order valence-corrected chi connectivity index (χ0v) is 8.63. The minimum atomic E-state index is -0.931. The van der Waals surface area contributed by atoms with Gasteiger partial charge in [0.25, 0.3) is 0 Å². The average molecular weight is 213 g/mol. The zero-order chi connectivity index (χ0) is 11.4. The fourth-order valence-corrected chi connectivity index (χ4v) is 1.59. The largest absolute Gasteiger partial charge is 0.478 e. The van der Waals surface area contributed by atoms with Crippen molar-refractivity contribution in [2.75, 3.05) is 0 Å². The van der Waals surface area contributed by atoms with Crippen LogP contribution in [0.3, 0.4) is 0 Å². The Labute approximate surface area is 93.4 Å². The number of aromatic carboxylic acids is 1. The van der Waals surface area contributed by atoms with Crippen molar-refractivity contribution in [2.24, 2.45) is 0 Å². The molecule has 0 bridgehead atoms. The van der Waals surface area contributed by atoms with Crippen LogP contribution in [0, 0.1) is 0 Å². The molecule has 1 heterocycles. The molecule has 0 aliphatic carbocycles. The fourth-order valence-electron chi connectivity index (χ4n) is 1.59. The van der Waals surface area contributed by atoms with E-state index in [0.29, 0.717) is 6.42 Å². The van der Waals surface area contributed by atoms with E-state index < -0.39 is 5.97 Å². The summed E-state index contributed by atoms with van der Waals surface area (Å²) < 4.78 is 0. The molecule has 3 heteroatoms. The van der Waals surface area contributed by atoms with Gasteiger partial charge in [-0.05, 0) is 23.6 Å². The lowest BCUT2D eigenvalue weighted by Crippen LogP contribution is -2.03. The van der Waals surface area contributed by atoms with E-state index in [2.05, 4.69) is 4.98 Å². The number of pyridine rings is 1. The highest BCUT2D eigenvalue weighted by Gasteiger charge is 2.09. The molecule has 0 unspecified atom stereocenters. The highest BCUT2D eigenvalue weighted by Crippen LogP contribution is 2.13. The van der Waals surface area contributed by atoms with E-state index in [9.17, 15) is 4.79 Å². The lowest BCUT2D eigenvalue weighted by molar-refractivity contribution is 0.0695. The molecule has 0 aliphatic rings. The molecule has 0 spiro atoms. The Morgan fingerprint density at radius 3 is 2.62 bits per heavy atom. The number of carboxylic acids is 1. The van der Waals surface area contributed by atoms with Crippen LogP contribution in [0.4, 0.5) is 0 Å². The number of benzene rings is 1. The molecular weight excluding hydrogens is 202 g/mol. The molecule has 0 amide bonds. The van der Waals surface area contributed by atoms with Crippen molar-refractivity contribution in [3.63, 3.8) is 0 Å². The zero-order valence-electron chi connectivity index (χ0n) is 8.63. The van der Waals surface area contributed by atoms with Gasteiger partial charge in [0, 0.05) is 12.4 Å². The molecule has 2 rings (SSSR count). The van der Waals surface area contributed by atoms with Crippen LogP contribution in [-0.2, 0) is 6.42 Å². The van der Waals surface area contributed by atoms with Gasteiger partial charge >= 0.3 is 5.97 Å². The van der Waals surface area contributed by atoms with Crippen molar-refractivity contribution < 1.29 is 9.90 Å². The Balaban J connectivity index is 2.31. The average Bonchev–Trinajstić information content (AvgIpc) is 2.31. The van der Waals surface area contributed by atoms with Gasteiger partial charge in [-0.1, -0.05) is 30.3 Å². The van der Waals surface area contributed by atoms with Gasteiger partial charge in [0.1, 0.15) is 0 Å². The van der Waals surface area contributed by atoms with Crippen molar-refractivity contribution in [3.8, 4) is 0 Å². The molecule has 1 aromatic heterocycles. The smallest absolute Gasteiger partial charge is 0.337 e. The molecule has 0 fully saturated rings. The molecule has 0 atom stereocenters. The molecule has 16 heavy (non-hydrogen) atoms. The minimum Gasteiger partial charge on any atom is -0.478 e. The van der Waals surface area contributed by atoms with Crippen molar-refractivity contribution in [1.82, 2.24) is 4.98 Å². The monoisotopic (exact) mass is 213 g/mol. The van der Waals surface area contributed by atoms with Gasteiger partial charge in [0.2, 0.25) is 0 Å². The van der Waals surface area contributed by atoms with Crippen molar-refractivity contribution in [3.05, 3.63) is 65.5 Å². The molecule has 0 aliphatic heterocycles. The molecule has 0 radical (unpaired) electrons. The van der Waals surface area contributed by atoms with Gasteiger partial charge in [-0.15, -0.1) is 0 Å². The first kappa shape index (κ1) is 10.4. The van der Waals surface area contributed by atoms with Gasteiger partial charge in [-0.2, -0.15) is 0 Å². The first-order valence-corrected chi connectivity index (χ1v) is 4.97. The van der Waals surface area contributed by atoms with Crippen LogP contribution in [0.15, 0.2) is 48.8 Å². The van der Waals surface area contributed by atoms with Gasteiger partial charge in [-0.3, -0.25) is 4.98 Å². The number of hydrogen-bond donors (Lipinski definition) is 1. The number of aromatic nitrogens is 1. The van der Waals surface area contributed by atoms with Crippen molar-refractivity contribution in [1.29, 1.82) is 0 Å². The Morgan fingerprint density at radius 2 is 1.94 bits per heavy atom. The van der Waals surface area contributed by atoms with Crippen molar-refractivity contribution in [2.45, 2.75) is 6.42 Å². The van der Waals surface area contributed by atoms with Crippen molar-refractivity contribution >= 4 is 5.97 Å². The summed E-state index contributed by atoms with van der Waals surface area (Å²) in [5.74, 6) is -0.931. The second-order valence-electron chi connectivity index (χ2n) is 3.50. The first-order valence-electron chi connectivity index (χ1n) is 4.97. The molecule has 1 N–H and O–H groups in total. The normalized spacial score (nSPS) is 10.0. The third-order valence-electron chi connectivity index (χ3n) is 2.38. The topological polar surface area (TPSA) is 50.2 Å². The fraction of sp³-hybridized carbons (Fsp3) is 0.0769. The van der Waals surface area contributed by atoms with Gasteiger partial charge in [0.05, 0.1) is 5.56 Å². The predicted molar refractivity (Wildman–Crippen MR) is 60.4 cm³/mol. The summed E-state index contributed by atoms with van der Waals surface area (Å²) in [6.45, 7) is 0. The summed E-state index contributed by atoms with van der Waals surface area (Å²) in [6, 6.07) is 11.5. The van der Waals surface area contributed by atoms with E-state index >= 15 is 0 Å². The van der Waals surface area contributed by atoms with E-state index in [4.69, 9.17) is 5.11 Å². The van der Waals surface area contributed by atoms with Crippen LogP contribution in [0.2, 0.25) is 0 Å². The van der Waals surface area contributed by atoms with E-state index in [0.717, 1.165) is 11.1 Å². The molecule has 1 aromatic carbocycles. The molecule has 2 aromatic rings.